The second kappa shape index (κ2) is 10.1. The molecule has 2 unspecified atom stereocenters. The Kier molecular flexibility index (Phi) is 7.25. The van der Waals surface area contributed by atoms with E-state index in [1.807, 2.05) is 24.3 Å². The van der Waals surface area contributed by atoms with Gasteiger partial charge < -0.3 is 9.63 Å². The van der Waals surface area contributed by atoms with Crippen molar-refractivity contribution in [2.45, 2.75) is 49.6 Å². The average molecular weight is 476 g/mol. The molecule has 1 aromatic heterocycles. The second-order valence-electron chi connectivity index (χ2n) is 8.10. The molecular formula is C23H26ClN3O4S. The average Bonchev–Trinajstić information content (AvgIpc) is 3.24. The van der Waals surface area contributed by atoms with Gasteiger partial charge in [0.05, 0.1) is 4.90 Å². The van der Waals surface area contributed by atoms with Crippen molar-refractivity contribution in [3.8, 4) is 11.4 Å². The van der Waals surface area contributed by atoms with E-state index in [9.17, 15) is 13.5 Å². The highest BCUT2D eigenvalue weighted by molar-refractivity contribution is 7.89. The Morgan fingerprint density at radius 2 is 1.75 bits per heavy atom. The van der Waals surface area contributed by atoms with Crippen molar-refractivity contribution in [2.24, 2.45) is 5.92 Å². The predicted octanol–water partition coefficient (Wildman–Crippen LogP) is 4.52. The zero-order chi connectivity index (χ0) is 22.6. The highest BCUT2D eigenvalue weighted by Gasteiger charge is 2.36. The van der Waals surface area contributed by atoms with Crippen LogP contribution < -0.4 is 0 Å². The van der Waals surface area contributed by atoms with E-state index >= 15 is 0 Å². The van der Waals surface area contributed by atoms with Crippen molar-refractivity contribution in [1.29, 1.82) is 0 Å². The van der Waals surface area contributed by atoms with Gasteiger partial charge in [-0.3, -0.25) is 0 Å². The number of hydrogen-bond acceptors (Lipinski definition) is 6. The Bertz CT molecular complexity index is 1100. The van der Waals surface area contributed by atoms with Crippen LogP contribution in [-0.2, 0) is 16.6 Å². The fourth-order valence-electron chi connectivity index (χ4n) is 4.32. The van der Waals surface area contributed by atoms with Gasteiger partial charge in [0.15, 0.2) is 0 Å². The Morgan fingerprint density at radius 3 is 2.41 bits per heavy atom. The van der Waals surface area contributed by atoms with Gasteiger partial charge in [0.25, 0.3) is 0 Å². The van der Waals surface area contributed by atoms with Crippen molar-refractivity contribution in [3.05, 3.63) is 65.5 Å². The van der Waals surface area contributed by atoms with E-state index in [1.165, 1.54) is 18.5 Å². The SMILES string of the molecule is O=S(=O)(c1ccc(Cl)cc1)N(Cc1ccc(-c2ncon2)cc1)C1CCCCCC1CO. The molecule has 0 spiro atoms. The van der Waals surface area contributed by atoms with Gasteiger partial charge in [-0.2, -0.15) is 9.29 Å². The van der Waals surface area contributed by atoms with Gasteiger partial charge in [0, 0.05) is 29.8 Å². The van der Waals surface area contributed by atoms with E-state index in [2.05, 4.69) is 10.1 Å². The molecule has 1 fully saturated rings. The van der Waals surface area contributed by atoms with Crippen molar-refractivity contribution < 1.29 is 18.0 Å². The fourth-order valence-corrected chi connectivity index (χ4v) is 6.15. The highest BCUT2D eigenvalue weighted by Crippen LogP contribution is 2.33. The number of rotatable bonds is 7. The van der Waals surface area contributed by atoms with Gasteiger partial charge >= 0.3 is 0 Å². The maximum atomic E-state index is 13.7. The number of aliphatic hydroxyl groups is 1. The molecule has 2 aromatic carbocycles. The first-order valence-electron chi connectivity index (χ1n) is 10.7. The Hall–Kier alpha value is -2.26. The molecule has 1 aliphatic carbocycles. The number of halogens is 1. The summed E-state index contributed by atoms with van der Waals surface area (Å²) < 4.78 is 33.8. The van der Waals surface area contributed by atoms with Crippen LogP contribution in [0.15, 0.2) is 64.3 Å². The van der Waals surface area contributed by atoms with E-state index in [1.54, 1.807) is 16.4 Å². The Labute approximate surface area is 193 Å². The normalized spacial score (nSPS) is 19.7. The molecule has 1 heterocycles. The molecule has 3 aromatic rings. The smallest absolute Gasteiger partial charge is 0.243 e. The number of nitrogens with zero attached hydrogens (tertiary/aromatic N) is 3. The molecule has 170 valence electrons. The van der Waals surface area contributed by atoms with E-state index in [4.69, 9.17) is 16.1 Å². The van der Waals surface area contributed by atoms with Crippen molar-refractivity contribution in [3.63, 3.8) is 0 Å². The van der Waals surface area contributed by atoms with Crippen LogP contribution in [0.3, 0.4) is 0 Å². The van der Waals surface area contributed by atoms with Crippen LogP contribution in [0, 0.1) is 5.92 Å². The number of aliphatic hydroxyl groups excluding tert-OH is 1. The lowest BCUT2D eigenvalue weighted by atomic mass is 9.95. The van der Waals surface area contributed by atoms with Gasteiger partial charge in [0.2, 0.25) is 22.2 Å². The van der Waals surface area contributed by atoms with Gasteiger partial charge in [-0.15, -0.1) is 0 Å². The third-order valence-electron chi connectivity index (χ3n) is 6.06. The van der Waals surface area contributed by atoms with Crippen LogP contribution in [0.5, 0.6) is 0 Å². The number of sulfonamides is 1. The summed E-state index contributed by atoms with van der Waals surface area (Å²) in [6.45, 7) is 0.173. The fraction of sp³-hybridized carbons (Fsp3) is 0.391. The molecule has 1 aliphatic rings. The second-order valence-corrected chi connectivity index (χ2v) is 10.4. The van der Waals surface area contributed by atoms with Crippen LogP contribution in [0.25, 0.3) is 11.4 Å². The van der Waals surface area contributed by atoms with Crippen molar-refractivity contribution in [1.82, 2.24) is 14.4 Å². The molecule has 4 rings (SSSR count). The minimum atomic E-state index is -3.80. The van der Waals surface area contributed by atoms with E-state index in [-0.39, 0.29) is 30.0 Å². The summed E-state index contributed by atoms with van der Waals surface area (Å²) in [6.07, 6.45) is 5.77. The van der Waals surface area contributed by atoms with Crippen LogP contribution in [-0.4, -0.2) is 40.6 Å². The zero-order valence-corrected chi connectivity index (χ0v) is 19.2. The minimum Gasteiger partial charge on any atom is -0.396 e. The zero-order valence-electron chi connectivity index (χ0n) is 17.6. The predicted molar refractivity (Wildman–Crippen MR) is 121 cm³/mol. The molecule has 0 amide bonds. The van der Waals surface area contributed by atoms with Gasteiger partial charge in [-0.25, -0.2) is 8.42 Å². The Morgan fingerprint density at radius 1 is 1.03 bits per heavy atom. The standard InChI is InChI=1S/C23H26ClN3O4S/c24-20-10-12-21(13-11-20)32(29,30)27(22-5-3-1-2-4-19(22)15-28)14-17-6-8-18(9-7-17)23-25-16-31-26-23/h6-13,16,19,22,28H,1-5,14-15H2. The van der Waals surface area contributed by atoms with Crippen LogP contribution in [0.4, 0.5) is 0 Å². The Balaban J connectivity index is 1.69. The monoisotopic (exact) mass is 475 g/mol. The third-order valence-corrected chi connectivity index (χ3v) is 8.19. The molecule has 0 radical (unpaired) electrons. The molecule has 1 saturated carbocycles. The van der Waals surface area contributed by atoms with Crippen LogP contribution in [0.1, 0.15) is 37.7 Å². The number of hydrogen-bond donors (Lipinski definition) is 1. The first kappa shape index (κ1) is 22.9. The first-order valence-corrected chi connectivity index (χ1v) is 12.5. The van der Waals surface area contributed by atoms with Crippen LogP contribution in [0.2, 0.25) is 5.02 Å². The minimum absolute atomic E-state index is 0.0337. The lowest BCUT2D eigenvalue weighted by molar-refractivity contribution is 0.139. The van der Waals surface area contributed by atoms with Gasteiger partial charge in [-0.1, -0.05) is 60.3 Å². The number of aromatic nitrogens is 2. The molecule has 9 heteroatoms. The molecule has 1 N–H and O–H groups in total. The lowest BCUT2D eigenvalue weighted by Crippen LogP contribution is -2.44. The van der Waals surface area contributed by atoms with Crippen LogP contribution >= 0.6 is 11.6 Å². The number of benzene rings is 2. The quantitative estimate of drug-likeness (QED) is 0.504. The van der Waals surface area contributed by atoms with E-state index in [0.29, 0.717) is 10.8 Å². The third kappa shape index (κ3) is 5.04. The molecule has 2 atom stereocenters. The summed E-state index contributed by atoms with van der Waals surface area (Å²) in [6, 6.07) is 13.4. The molecule has 0 saturated heterocycles. The van der Waals surface area contributed by atoms with E-state index < -0.39 is 10.0 Å². The summed E-state index contributed by atoms with van der Waals surface area (Å²) >= 11 is 5.99. The van der Waals surface area contributed by atoms with E-state index in [0.717, 1.165) is 43.2 Å². The summed E-state index contributed by atoms with van der Waals surface area (Å²) in [7, 11) is -3.80. The van der Waals surface area contributed by atoms with Gasteiger partial charge in [-0.05, 0) is 48.6 Å². The van der Waals surface area contributed by atoms with Crippen molar-refractivity contribution >= 4 is 21.6 Å². The summed E-state index contributed by atoms with van der Waals surface area (Å²) in [4.78, 5) is 4.25. The van der Waals surface area contributed by atoms with Crippen molar-refractivity contribution in [2.75, 3.05) is 6.61 Å². The molecule has 7 nitrogen and oxygen atoms in total. The molecule has 0 bridgehead atoms. The largest absolute Gasteiger partial charge is 0.396 e. The highest BCUT2D eigenvalue weighted by atomic mass is 35.5. The molecular weight excluding hydrogens is 450 g/mol. The summed E-state index contributed by atoms with van der Waals surface area (Å²) in [5.74, 6) is 0.379. The van der Waals surface area contributed by atoms with Gasteiger partial charge in [0.1, 0.15) is 0 Å². The first-order chi connectivity index (χ1) is 15.5. The summed E-state index contributed by atoms with van der Waals surface area (Å²) in [5, 5.41) is 14.4. The maximum absolute atomic E-state index is 13.7. The maximum Gasteiger partial charge on any atom is 0.243 e. The molecule has 32 heavy (non-hydrogen) atoms. The lowest BCUT2D eigenvalue weighted by Gasteiger charge is -2.35. The summed E-state index contributed by atoms with van der Waals surface area (Å²) in [5.41, 5.74) is 1.63. The molecule has 0 aliphatic heterocycles. The topological polar surface area (TPSA) is 96.5 Å².